The Bertz CT molecular complexity index is 865. The SMILES string of the molecule is CCOC(=O)Cc1c(C)n(-c2ccccc2)c2ccc(OC)cc12. The lowest BCUT2D eigenvalue weighted by molar-refractivity contribution is -0.142. The molecule has 0 bridgehead atoms. The minimum atomic E-state index is -0.212. The van der Waals surface area contributed by atoms with Crippen LogP contribution in [0, 0.1) is 6.92 Å². The number of para-hydroxylation sites is 1. The van der Waals surface area contributed by atoms with E-state index < -0.39 is 0 Å². The molecular formula is C20H21NO3. The summed E-state index contributed by atoms with van der Waals surface area (Å²) >= 11 is 0. The fourth-order valence-electron chi connectivity index (χ4n) is 3.08. The quantitative estimate of drug-likeness (QED) is 0.665. The fourth-order valence-corrected chi connectivity index (χ4v) is 3.08. The van der Waals surface area contributed by atoms with Crippen molar-refractivity contribution in [1.82, 2.24) is 4.57 Å². The molecule has 0 saturated carbocycles. The highest BCUT2D eigenvalue weighted by Crippen LogP contribution is 2.32. The first-order chi connectivity index (χ1) is 11.7. The van der Waals surface area contributed by atoms with Crippen LogP contribution in [0.5, 0.6) is 5.75 Å². The van der Waals surface area contributed by atoms with Crippen LogP contribution in [-0.4, -0.2) is 24.3 Å². The fraction of sp³-hybridized carbons (Fsp3) is 0.250. The van der Waals surface area contributed by atoms with Crippen molar-refractivity contribution in [3.63, 3.8) is 0 Å². The third kappa shape index (κ3) is 2.87. The van der Waals surface area contributed by atoms with Gasteiger partial charge in [-0.05, 0) is 49.7 Å². The highest BCUT2D eigenvalue weighted by Gasteiger charge is 2.18. The van der Waals surface area contributed by atoms with Crippen molar-refractivity contribution in [2.24, 2.45) is 0 Å². The number of rotatable bonds is 5. The van der Waals surface area contributed by atoms with Crippen molar-refractivity contribution in [3.05, 3.63) is 59.8 Å². The Kier molecular flexibility index (Phi) is 4.56. The lowest BCUT2D eigenvalue weighted by Crippen LogP contribution is -2.08. The van der Waals surface area contributed by atoms with E-state index in [2.05, 4.69) is 16.7 Å². The summed E-state index contributed by atoms with van der Waals surface area (Å²) in [4.78, 5) is 12.0. The van der Waals surface area contributed by atoms with E-state index in [0.29, 0.717) is 6.61 Å². The van der Waals surface area contributed by atoms with Crippen LogP contribution in [0.1, 0.15) is 18.2 Å². The molecule has 0 spiro atoms. The van der Waals surface area contributed by atoms with Gasteiger partial charge in [-0.1, -0.05) is 18.2 Å². The normalized spacial score (nSPS) is 10.8. The molecule has 3 rings (SSSR count). The van der Waals surface area contributed by atoms with Crippen LogP contribution >= 0.6 is 0 Å². The van der Waals surface area contributed by atoms with Gasteiger partial charge in [-0.2, -0.15) is 0 Å². The zero-order valence-corrected chi connectivity index (χ0v) is 14.2. The standard InChI is InChI=1S/C20H21NO3/c1-4-24-20(22)13-17-14(2)21(15-8-6-5-7-9-15)19-11-10-16(23-3)12-18(17)19/h5-12H,4,13H2,1-3H3. The topological polar surface area (TPSA) is 40.5 Å². The molecule has 0 radical (unpaired) electrons. The molecule has 0 aliphatic carbocycles. The molecular weight excluding hydrogens is 302 g/mol. The monoisotopic (exact) mass is 323 g/mol. The minimum Gasteiger partial charge on any atom is -0.497 e. The maximum Gasteiger partial charge on any atom is 0.310 e. The molecule has 4 nitrogen and oxygen atoms in total. The third-order valence-corrected chi connectivity index (χ3v) is 4.18. The molecule has 0 amide bonds. The van der Waals surface area contributed by atoms with Gasteiger partial charge in [0, 0.05) is 16.8 Å². The van der Waals surface area contributed by atoms with Gasteiger partial charge < -0.3 is 14.0 Å². The Morgan fingerprint density at radius 1 is 1.12 bits per heavy atom. The van der Waals surface area contributed by atoms with Crippen LogP contribution in [0.3, 0.4) is 0 Å². The number of aromatic nitrogens is 1. The van der Waals surface area contributed by atoms with Crippen molar-refractivity contribution >= 4 is 16.9 Å². The van der Waals surface area contributed by atoms with Crippen LogP contribution in [-0.2, 0) is 16.0 Å². The van der Waals surface area contributed by atoms with E-state index in [1.807, 2.05) is 50.2 Å². The van der Waals surface area contributed by atoms with Gasteiger partial charge in [0.1, 0.15) is 5.75 Å². The minimum absolute atomic E-state index is 0.212. The number of ether oxygens (including phenoxy) is 2. The van der Waals surface area contributed by atoms with Gasteiger partial charge in [0.25, 0.3) is 0 Å². The number of fused-ring (bicyclic) bond motifs is 1. The summed E-state index contributed by atoms with van der Waals surface area (Å²) in [6.07, 6.45) is 0.253. The highest BCUT2D eigenvalue weighted by atomic mass is 16.5. The highest BCUT2D eigenvalue weighted by molar-refractivity contribution is 5.91. The molecule has 0 saturated heterocycles. The predicted molar refractivity (Wildman–Crippen MR) is 94.9 cm³/mol. The lowest BCUT2D eigenvalue weighted by atomic mass is 10.1. The van der Waals surface area contributed by atoms with Crippen LogP contribution in [0.15, 0.2) is 48.5 Å². The molecule has 3 aromatic rings. The molecule has 1 heterocycles. The van der Waals surface area contributed by atoms with E-state index in [9.17, 15) is 4.79 Å². The summed E-state index contributed by atoms with van der Waals surface area (Å²) in [6.45, 7) is 4.24. The molecule has 2 aromatic carbocycles. The maximum atomic E-state index is 12.0. The first-order valence-electron chi connectivity index (χ1n) is 8.04. The van der Waals surface area contributed by atoms with E-state index >= 15 is 0 Å². The zero-order valence-electron chi connectivity index (χ0n) is 14.2. The number of hydrogen-bond donors (Lipinski definition) is 0. The van der Waals surface area contributed by atoms with E-state index in [1.54, 1.807) is 7.11 Å². The maximum absolute atomic E-state index is 12.0. The van der Waals surface area contributed by atoms with Crippen molar-refractivity contribution in [2.75, 3.05) is 13.7 Å². The number of hydrogen-bond acceptors (Lipinski definition) is 3. The van der Waals surface area contributed by atoms with E-state index in [4.69, 9.17) is 9.47 Å². The number of carbonyl (C=O) groups is 1. The summed E-state index contributed by atoms with van der Waals surface area (Å²) in [5.41, 5.74) is 4.14. The van der Waals surface area contributed by atoms with Gasteiger partial charge in [0.2, 0.25) is 0 Å². The second kappa shape index (κ2) is 6.79. The number of methoxy groups -OCH3 is 1. The lowest BCUT2D eigenvalue weighted by Gasteiger charge is -2.09. The van der Waals surface area contributed by atoms with Crippen molar-refractivity contribution in [3.8, 4) is 11.4 Å². The average molecular weight is 323 g/mol. The Labute approximate surface area is 141 Å². The van der Waals surface area contributed by atoms with Gasteiger partial charge in [-0.25, -0.2) is 0 Å². The molecule has 124 valence electrons. The first kappa shape index (κ1) is 16.1. The van der Waals surface area contributed by atoms with Crippen LogP contribution < -0.4 is 4.74 Å². The number of carbonyl (C=O) groups excluding carboxylic acids is 1. The second-order valence-corrected chi connectivity index (χ2v) is 5.60. The van der Waals surface area contributed by atoms with Gasteiger partial charge in [0.05, 0.1) is 25.7 Å². The molecule has 24 heavy (non-hydrogen) atoms. The van der Waals surface area contributed by atoms with Crippen LogP contribution in [0.25, 0.3) is 16.6 Å². The Morgan fingerprint density at radius 2 is 1.88 bits per heavy atom. The van der Waals surface area contributed by atoms with Crippen molar-refractivity contribution < 1.29 is 14.3 Å². The summed E-state index contributed by atoms with van der Waals surface area (Å²) in [5.74, 6) is 0.563. The molecule has 1 aromatic heterocycles. The molecule has 0 aliphatic heterocycles. The van der Waals surface area contributed by atoms with Gasteiger partial charge in [-0.3, -0.25) is 4.79 Å². The molecule has 0 N–H and O–H groups in total. The van der Waals surface area contributed by atoms with Crippen LogP contribution in [0.4, 0.5) is 0 Å². The Hall–Kier alpha value is -2.75. The Balaban J connectivity index is 2.22. The number of nitrogens with zero attached hydrogens (tertiary/aromatic N) is 1. The largest absolute Gasteiger partial charge is 0.497 e. The summed E-state index contributed by atoms with van der Waals surface area (Å²) in [7, 11) is 1.65. The average Bonchev–Trinajstić information content (AvgIpc) is 2.87. The van der Waals surface area contributed by atoms with Gasteiger partial charge >= 0.3 is 5.97 Å². The number of benzene rings is 2. The molecule has 0 aliphatic rings. The first-order valence-corrected chi connectivity index (χ1v) is 8.04. The van der Waals surface area contributed by atoms with E-state index in [0.717, 1.165) is 33.6 Å². The third-order valence-electron chi connectivity index (χ3n) is 4.18. The smallest absolute Gasteiger partial charge is 0.310 e. The zero-order chi connectivity index (χ0) is 17.1. The molecule has 0 unspecified atom stereocenters. The Morgan fingerprint density at radius 3 is 2.54 bits per heavy atom. The van der Waals surface area contributed by atoms with Crippen molar-refractivity contribution in [1.29, 1.82) is 0 Å². The van der Waals surface area contributed by atoms with Crippen molar-refractivity contribution in [2.45, 2.75) is 20.3 Å². The molecule has 0 atom stereocenters. The summed E-state index contributed by atoms with van der Waals surface area (Å²) < 4.78 is 12.7. The second-order valence-electron chi connectivity index (χ2n) is 5.60. The summed E-state index contributed by atoms with van der Waals surface area (Å²) in [6, 6.07) is 16.1. The summed E-state index contributed by atoms with van der Waals surface area (Å²) in [5, 5.41) is 1.02. The van der Waals surface area contributed by atoms with E-state index in [1.165, 1.54) is 0 Å². The number of esters is 1. The molecule has 4 heteroatoms. The van der Waals surface area contributed by atoms with E-state index in [-0.39, 0.29) is 12.4 Å². The van der Waals surface area contributed by atoms with Gasteiger partial charge in [-0.15, -0.1) is 0 Å². The van der Waals surface area contributed by atoms with Gasteiger partial charge in [0.15, 0.2) is 0 Å². The predicted octanol–water partition coefficient (Wildman–Crippen LogP) is 4.05. The van der Waals surface area contributed by atoms with Crippen LogP contribution in [0.2, 0.25) is 0 Å². The molecule has 0 fully saturated rings.